The first kappa shape index (κ1) is 18.5. The number of carbonyl (C=O) groups is 1. The average molecular weight is 337 g/mol. The van der Waals surface area contributed by atoms with Gasteiger partial charge in [0.15, 0.2) is 14.1 Å². The molecular weight excluding hydrogens is 304 g/mol. The summed E-state index contributed by atoms with van der Waals surface area (Å²) in [4.78, 5) is 12.2. The molecule has 23 heavy (non-hydrogen) atoms. The number of hydrogen-bond donors (Lipinski definition) is 0. The fourth-order valence-electron chi connectivity index (χ4n) is 3.46. The van der Waals surface area contributed by atoms with Crippen LogP contribution in [0.15, 0.2) is 23.0 Å². The molecule has 0 bridgehead atoms. The van der Waals surface area contributed by atoms with Crippen LogP contribution in [-0.2, 0) is 14.0 Å². The average Bonchev–Trinajstić information content (AvgIpc) is 2.48. The Bertz CT molecular complexity index is 551. The quantitative estimate of drug-likeness (QED) is 0.678. The Hall–Kier alpha value is -0.873. The lowest BCUT2D eigenvalue weighted by Gasteiger charge is -2.46. The number of fused-ring (bicyclic) bond motifs is 1. The summed E-state index contributed by atoms with van der Waals surface area (Å²) in [5.41, 5.74) is 1.98. The Balaban J connectivity index is 2.39. The number of rotatable bonds is 4. The second-order valence-corrected chi connectivity index (χ2v) is 13.3. The largest absolute Gasteiger partial charge is 0.500 e. The number of hydrogen-bond acceptors (Lipinski definition) is 3. The van der Waals surface area contributed by atoms with Gasteiger partial charge in [0, 0.05) is 6.42 Å². The molecule has 130 valence electrons. The van der Waals surface area contributed by atoms with Gasteiger partial charge in [0.2, 0.25) is 0 Å². The van der Waals surface area contributed by atoms with Gasteiger partial charge in [-0.15, -0.1) is 0 Å². The Morgan fingerprint density at radius 2 is 1.91 bits per heavy atom. The fraction of sp³-hybridized carbons (Fsp3) is 0.737. The van der Waals surface area contributed by atoms with Crippen LogP contribution in [0.1, 0.15) is 53.4 Å². The summed E-state index contributed by atoms with van der Waals surface area (Å²) in [6, 6.07) is 0. The van der Waals surface area contributed by atoms with Crippen LogP contribution in [0, 0.1) is 5.41 Å². The van der Waals surface area contributed by atoms with Gasteiger partial charge in [-0.05, 0) is 61.5 Å². The highest BCUT2D eigenvalue weighted by Crippen LogP contribution is 2.51. The standard InChI is InChI=1S/C19H32O3Si/c1-14-15-9-8-10-17(21-5)19(15,12-11-16(14)20)13-22-23(6,7)18(2,3)4/h10H,8-9,11-13H2,1-7H3/t19-/m0/s1. The second-order valence-electron chi connectivity index (χ2n) is 8.47. The van der Waals surface area contributed by atoms with E-state index >= 15 is 0 Å². The Labute approximate surface area is 142 Å². The molecule has 0 spiro atoms. The summed E-state index contributed by atoms with van der Waals surface area (Å²) in [5.74, 6) is 1.30. The van der Waals surface area contributed by atoms with Crippen molar-refractivity contribution >= 4 is 14.1 Å². The van der Waals surface area contributed by atoms with E-state index in [9.17, 15) is 4.79 Å². The third kappa shape index (κ3) is 3.20. The first-order valence-corrected chi connectivity index (χ1v) is 11.6. The van der Waals surface area contributed by atoms with Gasteiger partial charge in [-0.1, -0.05) is 20.8 Å². The van der Waals surface area contributed by atoms with E-state index in [1.54, 1.807) is 7.11 Å². The maximum absolute atomic E-state index is 12.2. The Morgan fingerprint density at radius 1 is 1.26 bits per heavy atom. The first-order chi connectivity index (χ1) is 10.5. The van der Waals surface area contributed by atoms with Crippen molar-refractivity contribution < 1.29 is 14.0 Å². The molecule has 0 heterocycles. The molecule has 2 aliphatic carbocycles. The van der Waals surface area contributed by atoms with E-state index < -0.39 is 8.32 Å². The van der Waals surface area contributed by atoms with Crippen LogP contribution >= 0.6 is 0 Å². The molecule has 0 unspecified atom stereocenters. The van der Waals surface area contributed by atoms with Crippen LogP contribution < -0.4 is 0 Å². The number of ketones is 1. The number of Topliss-reactive ketones (excluding diaryl/α,β-unsaturated/α-hetero) is 1. The maximum atomic E-state index is 12.2. The molecular formula is C19H32O3Si. The summed E-state index contributed by atoms with van der Waals surface area (Å²) in [5, 5.41) is 0.179. The smallest absolute Gasteiger partial charge is 0.192 e. The van der Waals surface area contributed by atoms with Crippen LogP contribution in [0.5, 0.6) is 0 Å². The molecule has 0 N–H and O–H groups in total. The third-order valence-corrected chi connectivity index (χ3v) is 10.6. The minimum Gasteiger partial charge on any atom is -0.500 e. The van der Waals surface area contributed by atoms with Gasteiger partial charge in [0.25, 0.3) is 0 Å². The van der Waals surface area contributed by atoms with Crippen molar-refractivity contribution in [1.82, 2.24) is 0 Å². The zero-order valence-electron chi connectivity index (χ0n) is 15.8. The summed E-state index contributed by atoms with van der Waals surface area (Å²) in [6.45, 7) is 14.0. The minimum atomic E-state index is -1.84. The van der Waals surface area contributed by atoms with Crippen molar-refractivity contribution in [2.75, 3.05) is 13.7 Å². The van der Waals surface area contributed by atoms with Crippen LogP contribution in [-0.4, -0.2) is 27.8 Å². The first-order valence-electron chi connectivity index (χ1n) is 8.67. The van der Waals surface area contributed by atoms with Crippen molar-refractivity contribution in [3.05, 3.63) is 23.0 Å². The van der Waals surface area contributed by atoms with Gasteiger partial charge in [-0.25, -0.2) is 0 Å². The van der Waals surface area contributed by atoms with Gasteiger partial charge < -0.3 is 9.16 Å². The highest BCUT2D eigenvalue weighted by atomic mass is 28.4. The van der Waals surface area contributed by atoms with E-state index in [0.717, 1.165) is 30.6 Å². The third-order valence-electron chi connectivity index (χ3n) is 6.13. The fourth-order valence-corrected chi connectivity index (χ4v) is 4.50. The highest BCUT2D eigenvalue weighted by Gasteiger charge is 2.48. The predicted octanol–water partition coefficient (Wildman–Crippen LogP) is 5.00. The van der Waals surface area contributed by atoms with Crippen molar-refractivity contribution in [3.8, 4) is 0 Å². The summed E-state index contributed by atoms with van der Waals surface area (Å²) in [6.07, 6.45) is 5.50. The number of carbonyl (C=O) groups excluding carboxylic acids is 1. The zero-order chi connectivity index (χ0) is 17.5. The van der Waals surface area contributed by atoms with Crippen LogP contribution in [0.2, 0.25) is 18.1 Å². The normalized spacial score (nSPS) is 26.0. The van der Waals surface area contributed by atoms with Crippen molar-refractivity contribution in [2.45, 2.75) is 71.5 Å². The number of methoxy groups -OCH3 is 1. The van der Waals surface area contributed by atoms with Gasteiger partial charge in [0.1, 0.15) is 5.76 Å². The molecule has 0 amide bonds. The van der Waals surface area contributed by atoms with E-state index in [1.165, 1.54) is 5.57 Å². The topological polar surface area (TPSA) is 35.5 Å². The molecule has 0 aromatic carbocycles. The van der Waals surface area contributed by atoms with E-state index in [1.807, 2.05) is 6.92 Å². The van der Waals surface area contributed by atoms with Gasteiger partial charge in [-0.2, -0.15) is 0 Å². The van der Waals surface area contributed by atoms with Gasteiger partial charge >= 0.3 is 0 Å². The molecule has 0 aliphatic heterocycles. The van der Waals surface area contributed by atoms with Crippen molar-refractivity contribution in [3.63, 3.8) is 0 Å². The van der Waals surface area contributed by atoms with Gasteiger partial charge in [-0.3, -0.25) is 4.79 Å². The SMILES string of the molecule is COC1=CCCC2=C(C)C(=O)CC[C@@]12CO[Si](C)(C)C(C)(C)C. The molecule has 0 fully saturated rings. The highest BCUT2D eigenvalue weighted by molar-refractivity contribution is 6.74. The van der Waals surface area contributed by atoms with Crippen molar-refractivity contribution in [2.24, 2.45) is 5.41 Å². The zero-order valence-corrected chi connectivity index (χ0v) is 16.8. The molecule has 0 saturated heterocycles. The molecule has 0 saturated carbocycles. The number of allylic oxidation sites excluding steroid dienone is 2. The lowest BCUT2D eigenvalue weighted by Crippen LogP contribution is -2.47. The summed E-state index contributed by atoms with van der Waals surface area (Å²) in [7, 11) is -0.0974. The molecule has 2 rings (SSSR count). The molecule has 3 nitrogen and oxygen atoms in total. The van der Waals surface area contributed by atoms with Gasteiger partial charge in [0.05, 0.1) is 19.1 Å². The van der Waals surface area contributed by atoms with Crippen LogP contribution in [0.25, 0.3) is 0 Å². The lowest BCUT2D eigenvalue weighted by molar-refractivity contribution is -0.117. The van der Waals surface area contributed by atoms with E-state index in [2.05, 4.69) is 39.9 Å². The molecule has 1 atom stereocenters. The predicted molar refractivity (Wildman–Crippen MR) is 96.8 cm³/mol. The Kier molecular flexibility index (Phi) is 4.98. The molecule has 2 aliphatic rings. The summed E-state index contributed by atoms with van der Waals surface area (Å²) >= 11 is 0. The second kappa shape index (κ2) is 6.21. The molecule has 0 radical (unpaired) electrons. The molecule has 4 heteroatoms. The lowest BCUT2D eigenvalue weighted by atomic mass is 9.65. The summed E-state index contributed by atoms with van der Waals surface area (Å²) < 4.78 is 12.3. The molecule has 0 aromatic heterocycles. The van der Waals surface area contributed by atoms with Crippen LogP contribution in [0.3, 0.4) is 0 Å². The molecule has 0 aromatic rings. The minimum absolute atomic E-state index is 0.179. The number of ether oxygens (including phenoxy) is 1. The maximum Gasteiger partial charge on any atom is 0.192 e. The van der Waals surface area contributed by atoms with E-state index in [-0.39, 0.29) is 10.5 Å². The van der Waals surface area contributed by atoms with E-state index in [0.29, 0.717) is 18.8 Å². The monoisotopic (exact) mass is 336 g/mol. The Morgan fingerprint density at radius 3 is 2.48 bits per heavy atom. The van der Waals surface area contributed by atoms with E-state index in [4.69, 9.17) is 9.16 Å². The van der Waals surface area contributed by atoms with Crippen LogP contribution in [0.4, 0.5) is 0 Å². The van der Waals surface area contributed by atoms with Crippen molar-refractivity contribution in [1.29, 1.82) is 0 Å².